The molecule has 0 saturated carbocycles. The zero-order valence-electron chi connectivity index (χ0n) is 18.7. The number of halogens is 2. The summed E-state index contributed by atoms with van der Waals surface area (Å²) >= 11 is 12.1. The summed E-state index contributed by atoms with van der Waals surface area (Å²) in [6.07, 6.45) is 8.23. The standard InChI is InChI=1S/C25H31Cl2N3O3/c26-22-2-1-21(16-23(22)27)33-20-7-11-29(12-8-20)17-19-5-13-30(14-6-19)24(25(31)32)15-18-3-9-28-10-4-18/h1-4,9-10,16,19-20,24H,5-8,11-15,17H2,(H,31,32)/t24-/m0/s1. The number of ether oxygens (including phenoxy) is 1. The number of pyridine rings is 1. The van der Waals surface area contributed by atoms with Crippen LogP contribution in [0.25, 0.3) is 0 Å². The van der Waals surface area contributed by atoms with E-state index >= 15 is 0 Å². The lowest BCUT2D eigenvalue weighted by Crippen LogP contribution is -2.48. The molecule has 178 valence electrons. The normalized spacial score (nSPS) is 19.9. The van der Waals surface area contributed by atoms with Gasteiger partial charge in [0, 0.05) is 38.1 Å². The lowest BCUT2D eigenvalue weighted by molar-refractivity contribution is -0.144. The quantitative estimate of drug-likeness (QED) is 0.580. The predicted molar refractivity (Wildman–Crippen MR) is 130 cm³/mol. The van der Waals surface area contributed by atoms with Crippen LogP contribution in [0.1, 0.15) is 31.2 Å². The van der Waals surface area contributed by atoms with Gasteiger partial charge >= 0.3 is 5.97 Å². The van der Waals surface area contributed by atoms with Crippen LogP contribution in [-0.2, 0) is 11.2 Å². The molecule has 0 aliphatic carbocycles. The molecule has 0 spiro atoms. The molecule has 1 aromatic carbocycles. The minimum atomic E-state index is -0.741. The van der Waals surface area contributed by atoms with Gasteiger partial charge in [-0.3, -0.25) is 14.7 Å². The molecule has 1 N–H and O–H groups in total. The van der Waals surface area contributed by atoms with Gasteiger partial charge in [-0.05, 0) is 80.9 Å². The number of aromatic nitrogens is 1. The van der Waals surface area contributed by atoms with Crippen LogP contribution in [0.4, 0.5) is 0 Å². The maximum Gasteiger partial charge on any atom is 0.321 e. The Kier molecular flexibility index (Phi) is 8.47. The first-order valence-electron chi connectivity index (χ1n) is 11.7. The van der Waals surface area contributed by atoms with Crippen LogP contribution in [-0.4, -0.2) is 70.7 Å². The van der Waals surface area contributed by atoms with Crippen molar-refractivity contribution in [2.45, 2.75) is 44.2 Å². The predicted octanol–water partition coefficient (Wildman–Crippen LogP) is 4.64. The van der Waals surface area contributed by atoms with Crippen LogP contribution < -0.4 is 4.74 Å². The summed E-state index contributed by atoms with van der Waals surface area (Å²) in [5.41, 5.74) is 1.02. The van der Waals surface area contributed by atoms with E-state index in [1.165, 1.54) is 0 Å². The van der Waals surface area contributed by atoms with Gasteiger partial charge in [-0.2, -0.15) is 0 Å². The van der Waals surface area contributed by atoms with E-state index in [4.69, 9.17) is 27.9 Å². The molecule has 2 saturated heterocycles. The molecular formula is C25H31Cl2N3O3. The Hall–Kier alpha value is -1.86. The molecule has 6 nitrogen and oxygen atoms in total. The number of carbonyl (C=O) groups is 1. The smallest absolute Gasteiger partial charge is 0.321 e. The fraction of sp³-hybridized carbons (Fsp3) is 0.520. The lowest BCUT2D eigenvalue weighted by atomic mass is 9.93. The van der Waals surface area contributed by atoms with Gasteiger partial charge in [0.15, 0.2) is 0 Å². The van der Waals surface area contributed by atoms with Crippen molar-refractivity contribution < 1.29 is 14.6 Å². The summed E-state index contributed by atoms with van der Waals surface area (Å²) in [6, 6.07) is 8.75. The Morgan fingerprint density at radius 1 is 1.03 bits per heavy atom. The van der Waals surface area contributed by atoms with E-state index in [9.17, 15) is 9.90 Å². The average molecular weight is 492 g/mol. The number of nitrogens with zero attached hydrogens (tertiary/aromatic N) is 3. The van der Waals surface area contributed by atoms with Crippen molar-refractivity contribution in [3.05, 3.63) is 58.3 Å². The van der Waals surface area contributed by atoms with Crippen LogP contribution in [0.2, 0.25) is 10.0 Å². The number of likely N-dealkylation sites (tertiary alicyclic amines) is 2. The minimum Gasteiger partial charge on any atom is -0.490 e. The molecule has 8 heteroatoms. The summed E-state index contributed by atoms with van der Waals surface area (Å²) in [5.74, 6) is 0.647. The number of hydrogen-bond donors (Lipinski definition) is 1. The number of piperidine rings is 2. The highest BCUT2D eigenvalue weighted by Crippen LogP contribution is 2.29. The highest BCUT2D eigenvalue weighted by Gasteiger charge is 2.31. The second-order valence-electron chi connectivity index (χ2n) is 9.09. The molecule has 2 aliphatic heterocycles. The zero-order chi connectivity index (χ0) is 23.2. The van der Waals surface area contributed by atoms with E-state index in [1.807, 2.05) is 18.2 Å². The molecule has 1 aromatic heterocycles. The second-order valence-corrected chi connectivity index (χ2v) is 9.90. The Bertz CT molecular complexity index is 914. The maximum absolute atomic E-state index is 11.9. The summed E-state index contributed by atoms with van der Waals surface area (Å²) < 4.78 is 6.11. The number of carboxylic acid groups (broad SMARTS) is 1. The molecule has 0 bridgehead atoms. The third-order valence-electron chi connectivity index (χ3n) is 6.80. The Balaban J connectivity index is 1.20. The Morgan fingerprint density at radius 3 is 2.36 bits per heavy atom. The second kappa shape index (κ2) is 11.5. The summed E-state index contributed by atoms with van der Waals surface area (Å²) in [7, 11) is 0. The summed E-state index contributed by atoms with van der Waals surface area (Å²) in [4.78, 5) is 20.6. The van der Waals surface area contributed by atoms with Gasteiger partial charge in [-0.1, -0.05) is 23.2 Å². The van der Waals surface area contributed by atoms with Crippen LogP contribution >= 0.6 is 23.2 Å². The largest absolute Gasteiger partial charge is 0.490 e. The van der Waals surface area contributed by atoms with Crippen LogP contribution in [0, 0.1) is 5.92 Å². The van der Waals surface area contributed by atoms with Crippen molar-refractivity contribution in [1.82, 2.24) is 14.8 Å². The van der Waals surface area contributed by atoms with E-state index in [0.717, 1.165) is 69.7 Å². The molecule has 3 heterocycles. The number of carboxylic acids is 1. The van der Waals surface area contributed by atoms with E-state index < -0.39 is 12.0 Å². The first-order chi connectivity index (χ1) is 16.0. The number of rotatable bonds is 8. The topological polar surface area (TPSA) is 65.9 Å². The van der Waals surface area contributed by atoms with Crippen LogP contribution in [0.15, 0.2) is 42.7 Å². The van der Waals surface area contributed by atoms with E-state index in [-0.39, 0.29) is 6.10 Å². The van der Waals surface area contributed by atoms with E-state index in [1.54, 1.807) is 24.5 Å². The molecule has 2 aromatic rings. The highest BCUT2D eigenvalue weighted by atomic mass is 35.5. The number of aliphatic carboxylic acids is 1. The van der Waals surface area contributed by atoms with E-state index in [0.29, 0.717) is 22.4 Å². The SMILES string of the molecule is O=C(O)[C@H](Cc1ccncc1)N1CCC(CN2CCC(Oc3ccc(Cl)c(Cl)c3)CC2)CC1. The minimum absolute atomic E-state index is 0.199. The van der Waals surface area contributed by atoms with Crippen molar-refractivity contribution in [2.75, 3.05) is 32.7 Å². The van der Waals surface area contributed by atoms with Gasteiger partial charge < -0.3 is 14.7 Å². The summed E-state index contributed by atoms with van der Waals surface area (Å²) in [6.45, 7) is 4.79. The third kappa shape index (κ3) is 6.82. The van der Waals surface area contributed by atoms with Crippen molar-refractivity contribution in [3.63, 3.8) is 0 Å². The molecular weight excluding hydrogens is 461 g/mol. The molecule has 1 atom stereocenters. The van der Waals surface area contributed by atoms with Gasteiger partial charge in [0.1, 0.15) is 17.9 Å². The monoisotopic (exact) mass is 491 g/mol. The fourth-order valence-electron chi connectivity index (χ4n) is 4.88. The maximum atomic E-state index is 11.9. The molecule has 4 rings (SSSR count). The molecule has 0 radical (unpaired) electrons. The van der Waals surface area contributed by atoms with Gasteiger partial charge in [0.25, 0.3) is 0 Å². The van der Waals surface area contributed by atoms with Gasteiger partial charge in [0.2, 0.25) is 0 Å². The molecule has 0 amide bonds. The Morgan fingerprint density at radius 2 is 1.73 bits per heavy atom. The van der Waals surface area contributed by atoms with E-state index in [2.05, 4.69) is 14.8 Å². The van der Waals surface area contributed by atoms with Gasteiger partial charge in [-0.25, -0.2) is 0 Å². The fourth-order valence-corrected chi connectivity index (χ4v) is 5.17. The van der Waals surface area contributed by atoms with Gasteiger partial charge in [0.05, 0.1) is 10.0 Å². The lowest BCUT2D eigenvalue weighted by Gasteiger charge is -2.39. The first kappa shape index (κ1) is 24.3. The van der Waals surface area contributed by atoms with Gasteiger partial charge in [-0.15, -0.1) is 0 Å². The molecule has 0 unspecified atom stereocenters. The zero-order valence-corrected chi connectivity index (χ0v) is 20.2. The first-order valence-corrected chi connectivity index (χ1v) is 12.4. The van der Waals surface area contributed by atoms with Crippen LogP contribution in [0.5, 0.6) is 5.75 Å². The van der Waals surface area contributed by atoms with Crippen molar-refractivity contribution in [2.24, 2.45) is 5.92 Å². The highest BCUT2D eigenvalue weighted by molar-refractivity contribution is 6.42. The summed E-state index contributed by atoms with van der Waals surface area (Å²) in [5, 5.41) is 10.8. The number of hydrogen-bond acceptors (Lipinski definition) is 5. The Labute approximate surface area is 205 Å². The van der Waals surface area contributed by atoms with Crippen molar-refractivity contribution in [3.8, 4) is 5.75 Å². The molecule has 2 aliphatic rings. The third-order valence-corrected chi connectivity index (χ3v) is 7.54. The average Bonchev–Trinajstić information content (AvgIpc) is 2.82. The van der Waals surface area contributed by atoms with Crippen molar-refractivity contribution >= 4 is 29.2 Å². The number of benzene rings is 1. The molecule has 33 heavy (non-hydrogen) atoms. The van der Waals surface area contributed by atoms with Crippen molar-refractivity contribution in [1.29, 1.82) is 0 Å². The van der Waals surface area contributed by atoms with Crippen LogP contribution in [0.3, 0.4) is 0 Å². The molecule has 2 fully saturated rings.